The number of carbonyl (C=O) groups is 4. The number of anilines is 2. The minimum atomic E-state index is -1.98. The third-order valence-corrected chi connectivity index (χ3v) is 7.37. The summed E-state index contributed by atoms with van der Waals surface area (Å²) in [6.45, 7) is 7.17. The van der Waals surface area contributed by atoms with Gasteiger partial charge in [-0.05, 0) is 23.8 Å². The van der Waals surface area contributed by atoms with Crippen molar-refractivity contribution in [3.8, 4) is 0 Å². The smallest absolute Gasteiger partial charge is 0.304 e. The average Bonchev–Trinajstić information content (AvgIpc) is 3.15. The van der Waals surface area contributed by atoms with E-state index in [0.29, 0.717) is 23.5 Å². The molecule has 3 atom stereocenters. The van der Waals surface area contributed by atoms with Gasteiger partial charge in [-0.15, -0.1) is 6.58 Å². The van der Waals surface area contributed by atoms with Crippen molar-refractivity contribution in [2.24, 2.45) is 5.92 Å². The van der Waals surface area contributed by atoms with Gasteiger partial charge in [0, 0.05) is 50.1 Å². The number of aliphatic hydroxyl groups is 2. The van der Waals surface area contributed by atoms with E-state index in [1.807, 2.05) is 30.3 Å². The number of hydrogen-bond donors (Lipinski definition) is 2. The van der Waals surface area contributed by atoms with Crippen LogP contribution < -0.4 is 9.80 Å². The number of esters is 1. The Balaban J connectivity index is 1.57. The summed E-state index contributed by atoms with van der Waals surface area (Å²) in [6.07, 6.45) is 4.10. The van der Waals surface area contributed by atoms with Crippen molar-refractivity contribution in [1.82, 2.24) is 4.90 Å². The Morgan fingerprint density at radius 2 is 1.95 bits per heavy atom. The minimum absolute atomic E-state index is 0.0110. The summed E-state index contributed by atoms with van der Waals surface area (Å²) in [7, 11) is 0. The Hall–Kier alpha value is -4.28. The maximum atomic E-state index is 13.6. The predicted molar refractivity (Wildman–Crippen MR) is 152 cm³/mol. The molecule has 0 aromatic heterocycles. The molecule has 2 aliphatic rings. The van der Waals surface area contributed by atoms with E-state index in [1.165, 1.54) is 16.7 Å². The lowest BCUT2D eigenvalue weighted by Crippen LogP contribution is -2.55. The number of nitrogens with zero attached hydrogens (tertiary/aromatic N) is 3. The fraction of sp³-hybridized carbons (Fsp3) is 0.355. The summed E-state index contributed by atoms with van der Waals surface area (Å²) in [5.41, 5.74) is 0.130. The number of amides is 3. The maximum Gasteiger partial charge on any atom is 0.304 e. The summed E-state index contributed by atoms with van der Waals surface area (Å²) in [5.74, 6) is -2.28. The van der Waals surface area contributed by atoms with Crippen molar-refractivity contribution in [3.63, 3.8) is 0 Å². The first-order chi connectivity index (χ1) is 19.6. The SMILES string of the molecule is C=CCN1C(=O)[C@@](O)([C@@H](C)/C=C/CC(=O)N(CCO)Cc2ccccc2)c2cc(N3C(=O)CC3OC(C)=O)ccc21. The van der Waals surface area contributed by atoms with Gasteiger partial charge in [0.2, 0.25) is 11.8 Å². The van der Waals surface area contributed by atoms with Gasteiger partial charge in [0.15, 0.2) is 11.8 Å². The number of β-lactam (4-membered cyclic amide) rings is 1. The molecule has 1 saturated heterocycles. The molecular formula is C31H35N3O7. The molecule has 0 radical (unpaired) electrons. The lowest BCUT2D eigenvalue weighted by molar-refractivity contribution is -0.154. The van der Waals surface area contributed by atoms with Crippen LogP contribution in [-0.4, -0.2) is 64.7 Å². The first-order valence-electron chi connectivity index (χ1n) is 13.5. The number of fused-ring (bicyclic) bond motifs is 1. The van der Waals surface area contributed by atoms with Gasteiger partial charge in [-0.2, -0.15) is 0 Å². The van der Waals surface area contributed by atoms with Crippen LogP contribution in [-0.2, 0) is 36.1 Å². The van der Waals surface area contributed by atoms with Crippen LogP contribution in [0, 0.1) is 5.92 Å². The van der Waals surface area contributed by atoms with Crippen LogP contribution in [0.3, 0.4) is 0 Å². The zero-order chi connectivity index (χ0) is 29.7. The van der Waals surface area contributed by atoms with Crippen LogP contribution in [0.25, 0.3) is 0 Å². The van der Waals surface area contributed by atoms with Gasteiger partial charge in [-0.1, -0.05) is 55.5 Å². The molecule has 10 heteroatoms. The molecule has 1 unspecified atom stereocenters. The Morgan fingerprint density at radius 3 is 2.59 bits per heavy atom. The quantitative estimate of drug-likeness (QED) is 0.232. The predicted octanol–water partition coefficient (Wildman–Crippen LogP) is 2.64. The minimum Gasteiger partial charge on any atom is -0.441 e. The molecule has 2 heterocycles. The molecule has 0 spiro atoms. The Bertz CT molecular complexity index is 1360. The number of benzene rings is 2. The van der Waals surface area contributed by atoms with Crippen molar-refractivity contribution in [3.05, 3.63) is 84.5 Å². The van der Waals surface area contributed by atoms with Gasteiger partial charge in [-0.25, -0.2) is 0 Å². The molecule has 2 N–H and O–H groups in total. The molecule has 4 rings (SSSR count). The maximum absolute atomic E-state index is 13.6. The van der Waals surface area contributed by atoms with Crippen LogP contribution >= 0.6 is 0 Å². The van der Waals surface area contributed by atoms with E-state index in [4.69, 9.17) is 4.74 Å². The zero-order valence-corrected chi connectivity index (χ0v) is 23.2. The average molecular weight is 562 g/mol. The second-order valence-corrected chi connectivity index (χ2v) is 10.1. The topological polar surface area (TPSA) is 128 Å². The number of ether oxygens (including phenoxy) is 1. The molecule has 0 aliphatic carbocycles. The van der Waals surface area contributed by atoms with Crippen molar-refractivity contribution >= 4 is 35.1 Å². The molecule has 3 amide bonds. The normalized spacial score (nSPS) is 20.5. The van der Waals surface area contributed by atoms with E-state index in [2.05, 4.69) is 6.58 Å². The highest BCUT2D eigenvalue weighted by Gasteiger charge is 2.53. The monoisotopic (exact) mass is 561 g/mol. The van der Waals surface area contributed by atoms with Crippen LogP contribution in [0.4, 0.5) is 11.4 Å². The lowest BCUT2D eigenvalue weighted by Gasteiger charge is -2.39. The van der Waals surface area contributed by atoms with Crippen molar-refractivity contribution < 1.29 is 34.1 Å². The van der Waals surface area contributed by atoms with Crippen molar-refractivity contribution in [2.45, 2.75) is 45.1 Å². The van der Waals surface area contributed by atoms with Crippen LogP contribution in [0.15, 0.2) is 73.3 Å². The highest BCUT2D eigenvalue weighted by atomic mass is 16.6. The molecule has 2 aliphatic heterocycles. The van der Waals surface area contributed by atoms with Gasteiger partial charge in [0.05, 0.1) is 18.7 Å². The second-order valence-electron chi connectivity index (χ2n) is 10.1. The van der Waals surface area contributed by atoms with E-state index in [0.717, 1.165) is 5.56 Å². The first kappa shape index (κ1) is 29.7. The molecule has 0 bridgehead atoms. The second kappa shape index (κ2) is 12.5. The third kappa shape index (κ3) is 5.94. The van der Waals surface area contributed by atoms with E-state index in [1.54, 1.807) is 48.3 Å². The summed E-state index contributed by atoms with van der Waals surface area (Å²) < 4.78 is 5.22. The number of hydrogen-bond acceptors (Lipinski definition) is 7. The van der Waals surface area contributed by atoms with Gasteiger partial charge < -0.3 is 24.7 Å². The summed E-state index contributed by atoms with van der Waals surface area (Å²) in [6, 6.07) is 14.3. The van der Waals surface area contributed by atoms with E-state index < -0.39 is 29.6 Å². The Morgan fingerprint density at radius 1 is 1.22 bits per heavy atom. The lowest BCUT2D eigenvalue weighted by atomic mass is 9.82. The summed E-state index contributed by atoms with van der Waals surface area (Å²) in [4.78, 5) is 54.7. The molecule has 1 fully saturated rings. The molecule has 216 valence electrons. The largest absolute Gasteiger partial charge is 0.441 e. The van der Waals surface area contributed by atoms with Crippen LogP contribution in [0.1, 0.15) is 37.8 Å². The fourth-order valence-electron chi connectivity index (χ4n) is 5.24. The van der Waals surface area contributed by atoms with Crippen molar-refractivity contribution in [2.75, 3.05) is 29.5 Å². The first-order valence-corrected chi connectivity index (χ1v) is 13.5. The molecular weight excluding hydrogens is 526 g/mol. The highest BCUT2D eigenvalue weighted by Crippen LogP contribution is 2.47. The summed E-state index contributed by atoms with van der Waals surface area (Å²) >= 11 is 0. The summed E-state index contributed by atoms with van der Waals surface area (Å²) in [5, 5.41) is 21.4. The molecule has 2 aromatic rings. The fourth-order valence-corrected chi connectivity index (χ4v) is 5.24. The standard InChI is InChI=1S/C31H35N3O7/c1-4-15-33-26-14-13-24(34-28(38)19-29(34)41-22(3)36)18-25(26)31(40,30(33)39)21(2)9-8-12-27(37)32(16-17-35)20-23-10-6-5-7-11-23/h4-11,13-14,18,21,29,35,40H,1,12,15-17,19-20H2,2-3H3/b9-8+/t21-,29?,31+/m0/s1. The molecule has 41 heavy (non-hydrogen) atoms. The highest BCUT2D eigenvalue weighted by molar-refractivity contribution is 6.08. The van der Waals surface area contributed by atoms with Gasteiger partial charge in [-0.3, -0.25) is 24.1 Å². The van der Waals surface area contributed by atoms with Crippen LogP contribution in [0.5, 0.6) is 0 Å². The Kier molecular flexibility index (Phi) is 9.05. The van der Waals surface area contributed by atoms with Gasteiger partial charge in [0.25, 0.3) is 5.91 Å². The van der Waals surface area contributed by atoms with E-state index in [-0.39, 0.29) is 44.4 Å². The zero-order valence-electron chi connectivity index (χ0n) is 23.2. The molecule has 2 aromatic carbocycles. The van der Waals surface area contributed by atoms with Gasteiger partial charge >= 0.3 is 5.97 Å². The van der Waals surface area contributed by atoms with E-state index >= 15 is 0 Å². The molecule has 10 nitrogen and oxygen atoms in total. The van der Waals surface area contributed by atoms with Crippen LogP contribution in [0.2, 0.25) is 0 Å². The van der Waals surface area contributed by atoms with Crippen molar-refractivity contribution in [1.29, 1.82) is 0 Å². The van der Waals surface area contributed by atoms with E-state index in [9.17, 15) is 29.4 Å². The number of aliphatic hydroxyl groups excluding tert-OH is 1. The van der Waals surface area contributed by atoms with Gasteiger partial charge in [0.1, 0.15) is 0 Å². The third-order valence-electron chi connectivity index (χ3n) is 7.37. The number of rotatable bonds is 12. The Labute approximate surface area is 239 Å². The molecule has 0 saturated carbocycles. The number of carbonyl (C=O) groups excluding carboxylic acids is 4.